The van der Waals surface area contributed by atoms with E-state index in [0.717, 1.165) is 0 Å². The molecule has 2 aromatic heterocycles. The van der Waals surface area contributed by atoms with Crippen LogP contribution in [0, 0.1) is 11.3 Å². The van der Waals surface area contributed by atoms with Gasteiger partial charge in [0.15, 0.2) is 5.69 Å². The summed E-state index contributed by atoms with van der Waals surface area (Å²) in [6.45, 7) is 0. The van der Waals surface area contributed by atoms with Crippen LogP contribution in [0.5, 0.6) is 0 Å². The molecule has 0 aromatic carbocycles. The fraction of sp³-hybridized carbons (Fsp3) is 0. The third kappa shape index (κ3) is 1.39. The maximum absolute atomic E-state index is 8.80. The summed E-state index contributed by atoms with van der Waals surface area (Å²) >= 11 is 11.7. The van der Waals surface area contributed by atoms with Gasteiger partial charge < -0.3 is 0 Å². The van der Waals surface area contributed by atoms with E-state index in [1.165, 1.54) is 12.3 Å². The van der Waals surface area contributed by atoms with E-state index in [2.05, 4.69) is 9.97 Å². The van der Waals surface area contributed by atoms with Crippen LogP contribution in [-0.4, -0.2) is 9.97 Å². The molecule has 0 saturated heterocycles. The van der Waals surface area contributed by atoms with Crippen molar-refractivity contribution in [2.45, 2.75) is 0 Å². The molecule has 0 spiro atoms. The van der Waals surface area contributed by atoms with Gasteiger partial charge in [0.1, 0.15) is 11.2 Å². The Morgan fingerprint density at radius 1 is 1.36 bits per heavy atom. The molecule has 0 aliphatic rings. The maximum atomic E-state index is 8.80. The maximum Gasteiger partial charge on any atom is 0.151 e. The predicted octanol–water partition coefficient (Wildman–Crippen LogP) is 2.81. The fourth-order valence-electron chi connectivity index (χ4n) is 1.19. The van der Waals surface area contributed by atoms with Crippen LogP contribution in [0.25, 0.3) is 10.9 Å². The third-order valence-corrected chi connectivity index (χ3v) is 2.24. The van der Waals surface area contributed by atoms with Gasteiger partial charge in [0, 0.05) is 6.20 Å². The molecular weight excluding hydrogens is 221 g/mol. The number of fused-ring (bicyclic) bond motifs is 1. The first-order valence-corrected chi connectivity index (χ1v) is 4.49. The van der Waals surface area contributed by atoms with E-state index in [9.17, 15) is 0 Å². The van der Waals surface area contributed by atoms with Gasteiger partial charge in [-0.05, 0) is 12.1 Å². The molecule has 0 saturated carbocycles. The number of nitrogens with zero attached hydrogens (tertiary/aromatic N) is 3. The van der Waals surface area contributed by atoms with Crippen LogP contribution < -0.4 is 0 Å². The molecule has 0 amide bonds. The summed E-state index contributed by atoms with van der Waals surface area (Å²) in [5, 5.41) is 10.0. The lowest BCUT2D eigenvalue weighted by molar-refractivity contribution is 1.27. The number of halogens is 2. The van der Waals surface area contributed by atoms with E-state index in [1.807, 2.05) is 6.07 Å². The monoisotopic (exact) mass is 223 g/mol. The highest BCUT2D eigenvalue weighted by atomic mass is 35.5. The SMILES string of the molecule is N#Cc1nccc2nc(Cl)cc(Cl)c12. The first-order valence-electron chi connectivity index (χ1n) is 3.73. The zero-order chi connectivity index (χ0) is 10.1. The molecule has 3 nitrogen and oxygen atoms in total. The largest absolute Gasteiger partial charge is 0.245 e. The quantitative estimate of drug-likeness (QED) is 0.646. The van der Waals surface area contributed by atoms with Crippen molar-refractivity contribution in [2.75, 3.05) is 0 Å². The van der Waals surface area contributed by atoms with Gasteiger partial charge in [0.05, 0.1) is 15.9 Å². The van der Waals surface area contributed by atoms with Crippen LogP contribution in [0.3, 0.4) is 0 Å². The number of nitriles is 1. The molecule has 0 atom stereocenters. The van der Waals surface area contributed by atoms with Crippen molar-refractivity contribution in [3.05, 3.63) is 34.2 Å². The lowest BCUT2D eigenvalue weighted by Gasteiger charge is -2.01. The lowest BCUT2D eigenvalue weighted by atomic mass is 10.2. The Labute approximate surface area is 89.9 Å². The van der Waals surface area contributed by atoms with Gasteiger partial charge in [-0.3, -0.25) is 0 Å². The van der Waals surface area contributed by atoms with E-state index in [0.29, 0.717) is 21.1 Å². The minimum atomic E-state index is 0.261. The smallest absolute Gasteiger partial charge is 0.151 e. The molecule has 0 aliphatic heterocycles. The van der Waals surface area contributed by atoms with E-state index in [4.69, 9.17) is 28.5 Å². The predicted molar refractivity (Wildman–Crippen MR) is 54.3 cm³/mol. The molecule has 0 aliphatic carbocycles. The molecule has 5 heteroatoms. The van der Waals surface area contributed by atoms with Gasteiger partial charge in [-0.25, -0.2) is 9.97 Å². The number of hydrogen-bond donors (Lipinski definition) is 0. The molecule has 14 heavy (non-hydrogen) atoms. The van der Waals surface area contributed by atoms with Crippen molar-refractivity contribution in [3.8, 4) is 6.07 Å². The second-order valence-corrected chi connectivity index (χ2v) is 3.39. The summed E-state index contributed by atoms with van der Waals surface area (Å²) in [5.41, 5.74) is 0.839. The average molecular weight is 224 g/mol. The number of rotatable bonds is 0. The first kappa shape index (κ1) is 9.20. The number of pyridine rings is 2. The van der Waals surface area contributed by atoms with Gasteiger partial charge in [0.25, 0.3) is 0 Å². The molecule has 2 aromatic rings. The minimum Gasteiger partial charge on any atom is -0.245 e. The van der Waals surface area contributed by atoms with Crippen LogP contribution in [0.1, 0.15) is 5.69 Å². The van der Waals surface area contributed by atoms with Crippen molar-refractivity contribution < 1.29 is 0 Å². The summed E-state index contributed by atoms with van der Waals surface area (Å²) in [4.78, 5) is 7.92. The number of hydrogen-bond acceptors (Lipinski definition) is 3. The molecule has 0 unspecified atom stereocenters. The van der Waals surface area contributed by atoms with Crippen LogP contribution in [0.2, 0.25) is 10.2 Å². The summed E-state index contributed by atoms with van der Waals surface area (Å²) in [6.07, 6.45) is 1.50. The van der Waals surface area contributed by atoms with Gasteiger partial charge >= 0.3 is 0 Å². The molecule has 2 rings (SSSR count). The molecular formula is C9H3Cl2N3. The highest BCUT2D eigenvalue weighted by molar-refractivity contribution is 6.38. The fourth-order valence-corrected chi connectivity index (χ4v) is 1.73. The minimum absolute atomic E-state index is 0.261. The molecule has 68 valence electrons. The standard InChI is InChI=1S/C9H3Cl2N3/c10-5-3-8(11)14-6-1-2-13-7(4-12)9(5)6/h1-3H. The molecule has 2 heterocycles. The molecule has 0 fully saturated rings. The van der Waals surface area contributed by atoms with E-state index < -0.39 is 0 Å². The van der Waals surface area contributed by atoms with Gasteiger partial charge in [-0.15, -0.1) is 0 Å². The Kier molecular flexibility index (Phi) is 2.24. The second kappa shape index (κ2) is 3.41. The summed E-state index contributed by atoms with van der Waals surface area (Å²) < 4.78 is 0. The lowest BCUT2D eigenvalue weighted by Crippen LogP contribution is -1.88. The van der Waals surface area contributed by atoms with Crippen LogP contribution >= 0.6 is 23.2 Å². The van der Waals surface area contributed by atoms with Gasteiger partial charge in [-0.2, -0.15) is 5.26 Å². The van der Waals surface area contributed by atoms with Crippen molar-refractivity contribution in [1.29, 1.82) is 5.26 Å². The summed E-state index contributed by atoms with van der Waals surface area (Å²) in [7, 11) is 0. The van der Waals surface area contributed by atoms with Crippen LogP contribution in [-0.2, 0) is 0 Å². The van der Waals surface area contributed by atoms with E-state index in [-0.39, 0.29) is 5.69 Å². The average Bonchev–Trinajstić information content (AvgIpc) is 2.16. The van der Waals surface area contributed by atoms with E-state index >= 15 is 0 Å². The molecule has 0 bridgehead atoms. The van der Waals surface area contributed by atoms with Crippen molar-refractivity contribution in [3.63, 3.8) is 0 Å². The Morgan fingerprint density at radius 2 is 2.14 bits per heavy atom. The third-order valence-electron chi connectivity index (χ3n) is 1.75. The zero-order valence-corrected chi connectivity index (χ0v) is 8.34. The van der Waals surface area contributed by atoms with Crippen molar-refractivity contribution in [1.82, 2.24) is 9.97 Å². The topological polar surface area (TPSA) is 49.6 Å². The highest BCUT2D eigenvalue weighted by Gasteiger charge is 2.08. The van der Waals surface area contributed by atoms with Crippen LogP contribution in [0.15, 0.2) is 18.3 Å². The Balaban J connectivity index is 2.96. The van der Waals surface area contributed by atoms with Gasteiger partial charge in [0.2, 0.25) is 0 Å². The van der Waals surface area contributed by atoms with Crippen molar-refractivity contribution in [2.24, 2.45) is 0 Å². The van der Waals surface area contributed by atoms with Crippen LogP contribution in [0.4, 0.5) is 0 Å². The summed E-state index contributed by atoms with van der Waals surface area (Å²) in [6, 6.07) is 5.11. The van der Waals surface area contributed by atoms with Gasteiger partial charge in [-0.1, -0.05) is 23.2 Å². The summed E-state index contributed by atoms with van der Waals surface area (Å²) in [5.74, 6) is 0. The van der Waals surface area contributed by atoms with E-state index in [1.54, 1.807) is 6.07 Å². The first-order chi connectivity index (χ1) is 6.72. The normalized spacial score (nSPS) is 10.1. The van der Waals surface area contributed by atoms with Crippen molar-refractivity contribution >= 4 is 34.1 Å². The number of aromatic nitrogens is 2. The Morgan fingerprint density at radius 3 is 2.86 bits per heavy atom. The Bertz CT molecular complexity index is 545. The second-order valence-electron chi connectivity index (χ2n) is 2.59. The zero-order valence-electron chi connectivity index (χ0n) is 6.83. The molecule has 0 N–H and O–H groups in total. The Hall–Kier alpha value is -1.37. The highest BCUT2D eigenvalue weighted by Crippen LogP contribution is 2.26. The molecule has 0 radical (unpaired) electrons.